The summed E-state index contributed by atoms with van der Waals surface area (Å²) in [7, 11) is -0.864. The molecule has 0 heterocycles. The van der Waals surface area contributed by atoms with Crippen LogP contribution in [0.5, 0.6) is 0 Å². The summed E-state index contributed by atoms with van der Waals surface area (Å²) in [6.45, 7) is 3.98. The number of sulfonamides is 1. The fourth-order valence-electron chi connectivity index (χ4n) is 4.08. The first-order valence-electron chi connectivity index (χ1n) is 12.2. The lowest BCUT2D eigenvalue weighted by Crippen LogP contribution is -2.42. The van der Waals surface area contributed by atoms with Gasteiger partial charge in [-0.1, -0.05) is 48.0 Å². The highest BCUT2D eigenvalue weighted by atomic mass is 32.2. The van der Waals surface area contributed by atoms with Crippen molar-refractivity contribution in [3.63, 3.8) is 0 Å². The highest BCUT2D eigenvalue weighted by Gasteiger charge is 2.25. The van der Waals surface area contributed by atoms with Gasteiger partial charge >= 0.3 is 5.97 Å². The van der Waals surface area contributed by atoms with E-state index >= 15 is 0 Å². The molecule has 9 heteroatoms. The molecule has 0 unspecified atom stereocenters. The first-order valence-corrected chi connectivity index (χ1v) is 15.0. The van der Waals surface area contributed by atoms with Gasteiger partial charge < -0.3 is 10.1 Å². The van der Waals surface area contributed by atoms with Crippen LogP contribution in [-0.2, 0) is 26.1 Å². The van der Waals surface area contributed by atoms with Crippen molar-refractivity contribution in [1.82, 2.24) is 9.62 Å². The molecule has 0 bridgehead atoms. The molecule has 0 aromatic heterocycles. The minimum Gasteiger partial charge on any atom is -0.467 e. The van der Waals surface area contributed by atoms with E-state index < -0.39 is 27.9 Å². The number of carbonyl (C=O) groups is 2. The van der Waals surface area contributed by atoms with Crippen LogP contribution in [0, 0.1) is 13.8 Å². The Kier molecular flexibility index (Phi) is 10.1. The third kappa shape index (κ3) is 7.03. The molecular formula is C29H34N2O5S2. The van der Waals surface area contributed by atoms with E-state index in [1.165, 1.54) is 18.5 Å². The average Bonchev–Trinajstić information content (AvgIpc) is 2.90. The molecule has 0 saturated heterocycles. The molecule has 0 saturated carbocycles. The molecule has 7 nitrogen and oxygen atoms in total. The summed E-state index contributed by atoms with van der Waals surface area (Å²) in [5, 5.41) is 2.83. The first-order chi connectivity index (χ1) is 18.1. The second-order valence-corrected chi connectivity index (χ2v) is 12.1. The number of ether oxygens (including phenoxy) is 1. The lowest BCUT2D eigenvalue weighted by atomic mass is 9.93. The number of nitrogens with one attached hydrogen (secondary N) is 1. The molecular weight excluding hydrogens is 520 g/mol. The smallest absolute Gasteiger partial charge is 0.328 e. The maximum absolute atomic E-state index is 13.4. The van der Waals surface area contributed by atoms with Crippen molar-refractivity contribution in [3.05, 3.63) is 89.0 Å². The summed E-state index contributed by atoms with van der Waals surface area (Å²) in [6, 6.07) is 18.9. The molecule has 3 rings (SSSR count). The highest BCUT2D eigenvalue weighted by molar-refractivity contribution is 7.98. The van der Waals surface area contributed by atoms with E-state index in [0.29, 0.717) is 23.3 Å². The van der Waals surface area contributed by atoms with Gasteiger partial charge in [0.15, 0.2) is 0 Å². The van der Waals surface area contributed by atoms with Crippen LogP contribution in [0.15, 0.2) is 71.6 Å². The van der Waals surface area contributed by atoms with Crippen LogP contribution in [0.3, 0.4) is 0 Å². The van der Waals surface area contributed by atoms with Crippen molar-refractivity contribution in [2.24, 2.45) is 0 Å². The molecule has 0 aliphatic heterocycles. The number of nitrogens with zero attached hydrogens (tertiary/aromatic N) is 1. The minimum atomic E-state index is -3.70. The van der Waals surface area contributed by atoms with Gasteiger partial charge in [0.1, 0.15) is 6.04 Å². The summed E-state index contributed by atoms with van der Waals surface area (Å²) in [4.78, 5) is 25.9. The number of rotatable bonds is 11. The van der Waals surface area contributed by atoms with E-state index in [1.54, 1.807) is 48.2 Å². The summed E-state index contributed by atoms with van der Waals surface area (Å²) in [5.74, 6) is -0.206. The van der Waals surface area contributed by atoms with Gasteiger partial charge in [0.25, 0.3) is 5.91 Å². The quantitative estimate of drug-likeness (QED) is 0.342. The van der Waals surface area contributed by atoms with Crippen molar-refractivity contribution >= 4 is 33.7 Å². The minimum absolute atomic E-state index is 0.121. The van der Waals surface area contributed by atoms with Crippen molar-refractivity contribution < 1.29 is 22.7 Å². The van der Waals surface area contributed by atoms with Gasteiger partial charge in [0, 0.05) is 19.2 Å². The second kappa shape index (κ2) is 13.1. The van der Waals surface area contributed by atoms with Gasteiger partial charge in [-0.3, -0.25) is 4.79 Å². The molecule has 1 atom stereocenters. The van der Waals surface area contributed by atoms with Crippen molar-refractivity contribution in [2.75, 3.05) is 26.2 Å². The molecule has 0 spiro atoms. The standard InChI is InChI=1S/C29H34N2O5S2/c1-20-10-13-23(14-11-20)38(34,35)31(3)19-22-12-15-25(26(18-22)24-9-7-6-8-21(24)2)28(32)30-27(16-17-37-5)29(33)36-4/h6-15,18,27H,16-17,19H2,1-5H3,(H,30,32)/t27-/m0/s1. The molecule has 0 aliphatic rings. The van der Waals surface area contributed by atoms with E-state index in [1.807, 2.05) is 50.4 Å². The lowest BCUT2D eigenvalue weighted by Gasteiger charge is -2.20. The number of thioether (sulfide) groups is 1. The molecule has 0 fully saturated rings. The van der Waals surface area contributed by atoms with Gasteiger partial charge in [0.05, 0.1) is 12.0 Å². The maximum atomic E-state index is 13.4. The van der Waals surface area contributed by atoms with Gasteiger partial charge in [-0.2, -0.15) is 16.1 Å². The zero-order valence-corrected chi connectivity index (χ0v) is 24.0. The largest absolute Gasteiger partial charge is 0.467 e. The number of aryl methyl sites for hydroxylation is 2. The van der Waals surface area contributed by atoms with Crippen LogP contribution >= 0.6 is 11.8 Å². The molecule has 3 aromatic carbocycles. The molecule has 202 valence electrons. The fraction of sp³-hybridized carbons (Fsp3) is 0.310. The predicted molar refractivity (Wildman–Crippen MR) is 153 cm³/mol. The van der Waals surface area contributed by atoms with Crippen LogP contribution < -0.4 is 5.32 Å². The number of esters is 1. The van der Waals surface area contributed by atoms with Crippen LogP contribution in [0.1, 0.15) is 33.5 Å². The fourth-order valence-corrected chi connectivity index (χ4v) is 5.71. The average molecular weight is 555 g/mol. The van der Waals surface area contributed by atoms with E-state index in [0.717, 1.165) is 22.3 Å². The molecule has 0 aliphatic carbocycles. The van der Waals surface area contributed by atoms with Crippen LogP contribution in [-0.4, -0.2) is 56.8 Å². The van der Waals surface area contributed by atoms with Crippen LogP contribution in [0.4, 0.5) is 0 Å². The number of hydrogen-bond acceptors (Lipinski definition) is 6. The number of carbonyl (C=O) groups excluding carboxylic acids is 2. The van der Waals surface area contributed by atoms with Gasteiger partial charge in [-0.15, -0.1) is 0 Å². The Bertz CT molecular complexity index is 1390. The third-order valence-electron chi connectivity index (χ3n) is 6.30. The highest BCUT2D eigenvalue weighted by Crippen LogP contribution is 2.29. The van der Waals surface area contributed by atoms with E-state index in [4.69, 9.17) is 4.74 Å². The predicted octanol–water partition coefficient (Wildman–Crippen LogP) is 4.82. The number of benzene rings is 3. The molecule has 3 aromatic rings. The summed E-state index contributed by atoms with van der Waals surface area (Å²) < 4.78 is 32.5. The Labute approximate surface area is 229 Å². The Morgan fingerprint density at radius 2 is 1.68 bits per heavy atom. The number of amides is 1. The Morgan fingerprint density at radius 1 is 1.00 bits per heavy atom. The molecule has 38 heavy (non-hydrogen) atoms. The van der Waals surface area contributed by atoms with Gasteiger partial charge in [-0.05, 0) is 78.8 Å². The normalized spacial score (nSPS) is 12.3. The Balaban J connectivity index is 1.97. The maximum Gasteiger partial charge on any atom is 0.328 e. The molecule has 1 N–H and O–H groups in total. The monoisotopic (exact) mass is 554 g/mol. The zero-order chi connectivity index (χ0) is 27.9. The third-order valence-corrected chi connectivity index (χ3v) is 8.76. The van der Waals surface area contributed by atoms with Crippen LogP contribution in [0.2, 0.25) is 0 Å². The Morgan fingerprint density at radius 3 is 2.32 bits per heavy atom. The van der Waals surface area contributed by atoms with E-state index in [9.17, 15) is 18.0 Å². The second-order valence-electron chi connectivity index (χ2n) is 9.10. The summed E-state index contributed by atoms with van der Waals surface area (Å²) in [6.07, 6.45) is 2.38. The Hall–Kier alpha value is -3.14. The van der Waals surface area contributed by atoms with Gasteiger partial charge in [-0.25, -0.2) is 13.2 Å². The van der Waals surface area contributed by atoms with E-state index in [-0.39, 0.29) is 11.4 Å². The van der Waals surface area contributed by atoms with E-state index in [2.05, 4.69) is 5.32 Å². The van der Waals surface area contributed by atoms with Crippen molar-refractivity contribution in [1.29, 1.82) is 0 Å². The van der Waals surface area contributed by atoms with Gasteiger partial charge in [0.2, 0.25) is 10.0 Å². The van der Waals surface area contributed by atoms with Crippen LogP contribution in [0.25, 0.3) is 11.1 Å². The number of hydrogen-bond donors (Lipinski definition) is 1. The lowest BCUT2D eigenvalue weighted by molar-refractivity contribution is -0.142. The summed E-state index contributed by atoms with van der Waals surface area (Å²) >= 11 is 1.58. The van der Waals surface area contributed by atoms with Crippen molar-refractivity contribution in [2.45, 2.75) is 37.8 Å². The first kappa shape index (κ1) is 29.4. The number of methoxy groups -OCH3 is 1. The van der Waals surface area contributed by atoms with Crippen molar-refractivity contribution in [3.8, 4) is 11.1 Å². The SMILES string of the molecule is COC(=O)[C@H](CCSC)NC(=O)c1ccc(CN(C)S(=O)(=O)c2ccc(C)cc2)cc1-c1ccccc1C. The molecule has 0 radical (unpaired) electrons. The summed E-state index contributed by atoms with van der Waals surface area (Å²) in [5.41, 5.74) is 4.57. The molecule has 1 amide bonds. The topological polar surface area (TPSA) is 92.8 Å². The zero-order valence-electron chi connectivity index (χ0n) is 22.4.